The zero-order valence-corrected chi connectivity index (χ0v) is 9.00. The Morgan fingerprint density at radius 1 is 1.33 bits per heavy atom. The molecule has 0 radical (unpaired) electrons. The Morgan fingerprint density at radius 2 is 1.92 bits per heavy atom. The molecule has 0 unspecified atom stereocenters. The lowest BCUT2D eigenvalue weighted by Gasteiger charge is -2.10. The van der Waals surface area contributed by atoms with E-state index < -0.39 is 9.21 Å². The maximum Gasteiger partial charge on any atom is 0.0535 e. The fourth-order valence-corrected chi connectivity index (χ4v) is 2.73. The first-order chi connectivity index (χ1) is 5.41. The minimum Gasteiger partial charge on any atom is -0.189 e. The third-order valence-electron chi connectivity index (χ3n) is 1.62. The molecular weight excluding hydrogens is 188 g/mol. The molecule has 0 bridgehead atoms. The molecule has 12 heavy (non-hydrogen) atoms. The number of halogens is 1. The van der Waals surface area contributed by atoms with Crippen LogP contribution in [0.15, 0.2) is 23.1 Å². The van der Waals surface area contributed by atoms with Crippen LogP contribution in [0.5, 0.6) is 0 Å². The van der Waals surface area contributed by atoms with Crippen LogP contribution in [0.4, 0.5) is 0 Å². The Hall–Kier alpha value is -0.400. The summed E-state index contributed by atoms with van der Waals surface area (Å²) in [6, 6.07) is 6.02. The van der Waals surface area contributed by atoms with E-state index in [0.717, 1.165) is 9.92 Å². The topological polar surface area (TPSA) is 0 Å². The summed E-state index contributed by atoms with van der Waals surface area (Å²) in [6.07, 6.45) is 2.03. The van der Waals surface area contributed by atoms with Gasteiger partial charge in [-0.2, -0.15) is 9.21 Å². The van der Waals surface area contributed by atoms with E-state index in [9.17, 15) is 0 Å². The van der Waals surface area contributed by atoms with Gasteiger partial charge in [0.25, 0.3) is 0 Å². The first-order valence-electron chi connectivity index (χ1n) is 3.62. The van der Waals surface area contributed by atoms with Gasteiger partial charge in [0.15, 0.2) is 0 Å². The second-order valence-corrected chi connectivity index (χ2v) is 6.60. The van der Waals surface area contributed by atoms with Crippen LogP contribution in [0.1, 0.15) is 5.56 Å². The van der Waals surface area contributed by atoms with E-state index in [1.807, 2.05) is 31.4 Å². The molecule has 0 spiro atoms. The van der Waals surface area contributed by atoms with Gasteiger partial charge in [0, 0.05) is 4.90 Å². The molecule has 1 aromatic rings. The van der Waals surface area contributed by atoms with Crippen molar-refractivity contribution in [1.29, 1.82) is 0 Å². The lowest BCUT2D eigenvalue weighted by Crippen LogP contribution is -1.81. The Bertz CT molecular complexity index is 388. The standard InChI is InChI=1S/C10H13ClS/c1-8-5-6-10(9(11)7-8)12(2,3)4/h5-7H,2-3H2,1,4H3. The van der Waals surface area contributed by atoms with Crippen LogP contribution in [-0.2, 0) is 0 Å². The Kier molecular flexibility index (Phi) is 2.55. The average Bonchev–Trinajstić information content (AvgIpc) is 1.83. The third-order valence-corrected chi connectivity index (χ3v) is 3.46. The van der Waals surface area contributed by atoms with Gasteiger partial charge in [0.1, 0.15) is 0 Å². The van der Waals surface area contributed by atoms with Gasteiger partial charge in [0.2, 0.25) is 0 Å². The van der Waals surface area contributed by atoms with E-state index in [1.165, 1.54) is 5.56 Å². The molecule has 0 saturated heterocycles. The van der Waals surface area contributed by atoms with Gasteiger partial charge in [-0.25, -0.2) is 0 Å². The Labute approximate surface area is 79.7 Å². The largest absolute Gasteiger partial charge is 0.189 e. The van der Waals surface area contributed by atoms with Crippen molar-refractivity contribution in [3.63, 3.8) is 0 Å². The predicted octanol–water partition coefficient (Wildman–Crippen LogP) is 3.31. The maximum absolute atomic E-state index is 6.05. The van der Waals surface area contributed by atoms with Crippen molar-refractivity contribution < 1.29 is 0 Å². The number of hydrogen-bond donors (Lipinski definition) is 0. The number of rotatable bonds is 1. The first-order valence-corrected chi connectivity index (χ1v) is 6.37. The average molecular weight is 201 g/mol. The monoisotopic (exact) mass is 200 g/mol. The van der Waals surface area contributed by atoms with Crippen LogP contribution in [0.2, 0.25) is 5.02 Å². The molecule has 0 nitrogen and oxygen atoms in total. The van der Waals surface area contributed by atoms with Crippen molar-refractivity contribution in [2.75, 3.05) is 6.26 Å². The van der Waals surface area contributed by atoms with E-state index in [1.54, 1.807) is 0 Å². The van der Waals surface area contributed by atoms with Crippen molar-refractivity contribution in [1.82, 2.24) is 0 Å². The molecule has 0 heterocycles. The van der Waals surface area contributed by atoms with Gasteiger partial charge in [-0.15, -0.1) is 0 Å². The molecule has 1 aromatic carbocycles. The van der Waals surface area contributed by atoms with Crippen LogP contribution in [0.25, 0.3) is 0 Å². The highest BCUT2D eigenvalue weighted by Gasteiger charge is 2.01. The van der Waals surface area contributed by atoms with Crippen LogP contribution >= 0.6 is 20.8 Å². The van der Waals surface area contributed by atoms with Crippen molar-refractivity contribution in [2.45, 2.75) is 11.8 Å². The molecule has 0 atom stereocenters. The molecular formula is C10H13ClS. The summed E-state index contributed by atoms with van der Waals surface area (Å²) in [5.74, 6) is 8.04. The second kappa shape index (κ2) is 3.15. The van der Waals surface area contributed by atoms with Crippen LogP contribution < -0.4 is 0 Å². The molecule has 0 aliphatic heterocycles. The van der Waals surface area contributed by atoms with Crippen molar-refractivity contribution in [3.8, 4) is 0 Å². The van der Waals surface area contributed by atoms with Crippen molar-refractivity contribution in [3.05, 3.63) is 28.8 Å². The first kappa shape index (κ1) is 9.69. The van der Waals surface area contributed by atoms with Crippen LogP contribution in [0, 0.1) is 6.92 Å². The molecule has 0 aliphatic rings. The van der Waals surface area contributed by atoms with E-state index in [0.29, 0.717) is 0 Å². The van der Waals surface area contributed by atoms with Crippen LogP contribution in [0.3, 0.4) is 0 Å². The van der Waals surface area contributed by atoms with Gasteiger partial charge in [-0.3, -0.25) is 0 Å². The van der Waals surface area contributed by atoms with Gasteiger partial charge in [-0.05, 0) is 30.9 Å². The van der Waals surface area contributed by atoms with Gasteiger partial charge in [-0.1, -0.05) is 29.4 Å². The number of benzene rings is 1. The summed E-state index contributed by atoms with van der Waals surface area (Å²) in [5, 5.41) is 0.789. The minimum absolute atomic E-state index is 0.789. The molecule has 0 aliphatic carbocycles. The lowest BCUT2D eigenvalue weighted by molar-refractivity contribution is 1.38. The molecule has 1 rings (SSSR count). The fraction of sp³-hybridized carbons (Fsp3) is 0.200. The summed E-state index contributed by atoms with van der Waals surface area (Å²) in [5.41, 5.74) is 1.17. The molecule has 0 amide bonds. The zero-order valence-electron chi connectivity index (χ0n) is 7.43. The summed E-state index contributed by atoms with van der Waals surface area (Å²) in [6.45, 7) is 2.02. The maximum atomic E-state index is 6.05. The third kappa shape index (κ3) is 2.05. The molecule has 0 aromatic heterocycles. The van der Waals surface area contributed by atoms with Crippen molar-refractivity contribution >= 4 is 32.5 Å². The molecule has 0 N–H and O–H groups in total. The molecule has 66 valence electrons. The van der Waals surface area contributed by atoms with Crippen LogP contribution in [-0.4, -0.2) is 18.0 Å². The van der Waals surface area contributed by atoms with E-state index >= 15 is 0 Å². The second-order valence-electron chi connectivity index (χ2n) is 3.21. The molecule has 0 fully saturated rings. The highest BCUT2D eigenvalue weighted by atomic mass is 35.5. The number of aryl methyl sites for hydroxylation is 1. The molecule has 0 saturated carbocycles. The minimum atomic E-state index is -1.18. The number of hydrogen-bond acceptors (Lipinski definition) is 0. The summed E-state index contributed by atoms with van der Waals surface area (Å²) in [7, 11) is -1.18. The Balaban J connectivity index is 3.39. The van der Waals surface area contributed by atoms with E-state index in [-0.39, 0.29) is 0 Å². The Morgan fingerprint density at radius 3 is 2.33 bits per heavy atom. The summed E-state index contributed by atoms with van der Waals surface area (Å²) in [4.78, 5) is 1.08. The van der Waals surface area contributed by atoms with Gasteiger partial charge < -0.3 is 0 Å². The van der Waals surface area contributed by atoms with Gasteiger partial charge >= 0.3 is 0 Å². The fourth-order valence-electron chi connectivity index (χ4n) is 1.01. The normalized spacial score (nSPS) is 11.6. The quantitative estimate of drug-likeness (QED) is 0.611. The van der Waals surface area contributed by atoms with Crippen molar-refractivity contribution in [2.24, 2.45) is 0 Å². The summed E-state index contributed by atoms with van der Waals surface area (Å²) < 4.78 is 0. The van der Waals surface area contributed by atoms with E-state index in [2.05, 4.69) is 11.7 Å². The zero-order chi connectivity index (χ0) is 9.35. The SMILES string of the molecule is C=S(=C)(C)c1ccc(C)cc1Cl. The van der Waals surface area contributed by atoms with E-state index in [4.69, 9.17) is 11.6 Å². The molecule has 2 heteroatoms. The highest BCUT2D eigenvalue weighted by molar-refractivity contribution is 8.27. The summed E-state index contributed by atoms with van der Waals surface area (Å²) >= 11 is 6.05. The predicted molar refractivity (Wildman–Crippen MR) is 62.2 cm³/mol. The van der Waals surface area contributed by atoms with Gasteiger partial charge in [0.05, 0.1) is 5.02 Å². The smallest absolute Gasteiger partial charge is 0.0535 e. The lowest BCUT2D eigenvalue weighted by atomic mass is 10.2. The highest BCUT2D eigenvalue weighted by Crippen LogP contribution is 2.34.